The van der Waals surface area contributed by atoms with Crippen molar-refractivity contribution < 1.29 is 4.79 Å². The first-order chi connectivity index (χ1) is 8.25. The lowest BCUT2D eigenvalue weighted by Crippen LogP contribution is -2.27. The molecule has 1 fully saturated rings. The third kappa shape index (κ3) is 4.63. The van der Waals surface area contributed by atoms with Crippen LogP contribution in [0.15, 0.2) is 24.3 Å². The van der Waals surface area contributed by atoms with Crippen LogP contribution >= 0.6 is 22.6 Å². The van der Waals surface area contributed by atoms with Gasteiger partial charge in [-0.05, 0) is 66.6 Å². The highest BCUT2D eigenvalue weighted by atomic mass is 127. The lowest BCUT2D eigenvalue weighted by Gasteiger charge is -2.06. The van der Waals surface area contributed by atoms with E-state index in [0.717, 1.165) is 34.7 Å². The van der Waals surface area contributed by atoms with Crippen molar-refractivity contribution in [2.75, 3.05) is 13.1 Å². The van der Waals surface area contributed by atoms with Gasteiger partial charge in [0, 0.05) is 21.7 Å². The summed E-state index contributed by atoms with van der Waals surface area (Å²) in [5.41, 5.74) is 0.743. The van der Waals surface area contributed by atoms with Crippen molar-refractivity contribution in [3.05, 3.63) is 33.4 Å². The van der Waals surface area contributed by atoms with E-state index < -0.39 is 0 Å². The minimum Gasteiger partial charge on any atom is -0.352 e. The molecule has 0 radical (unpaired) electrons. The molecule has 4 heteroatoms. The van der Waals surface area contributed by atoms with Crippen LogP contribution in [0.4, 0.5) is 0 Å². The van der Waals surface area contributed by atoms with Crippen molar-refractivity contribution in [2.24, 2.45) is 0 Å². The minimum absolute atomic E-state index is 0.0231. The molecule has 1 aromatic carbocycles. The number of halogens is 1. The molecule has 1 aliphatic rings. The molecule has 0 atom stereocenters. The smallest absolute Gasteiger partial charge is 0.251 e. The molecule has 17 heavy (non-hydrogen) atoms. The largest absolute Gasteiger partial charge is 0.352 e. The fourth-order valence-electron chi connectivity index (χ4n) is 1.62. The molecule has 3 nitrogen and oxygen atoms in total. The normalized spacial score (nSPS) is 14.6. The summed E-state index contributed by atoms with van der Waals surface area (Å²) in [7, 11) is 0. The summed E-state index contributed by atoms with van der Waals surface area (Å²) in [6, 6.07) is 8.39. The second-order valence-electron chi connectivity index (χ2n) is 4.35. The van der Waals surface area contributed by atoms with Gasteiger partial charge in [0.15, 0.2) is 0 Å². The zero-order chi connectivity index (χ0) is 12.1. The fraction of sp³-hybridized carbons (Fsp3) is 0.462. The first kappa shape index (κ1) is 12.8. The van der Waals surface area contributed by atoms with Crippen molar-refractivity contribution in [1.29, 1.82) is 0 Å². The zero-order valence-electron chi connectivity index (χ0n) is 9.71. The van der Waals surface area contributed by atoms with Gasteiger partial charge < -0.3 is 10.6 Å². The van der Waals surface area contributed by atoms with E-state index in [0.29, 0.717) is 0 Å². The maximum atomic E-state index is 11.8. The molecule has 2 rings (SSSR count). The van der Waals surface area contributed by atoms with E-state index in [1.165, 1.54) is 12.8 Å². The van der Waals surface area contributed by atoms with E-state index in [2.05, 4.69) is 33.2 Å². The van der Waals surface area contributed by atoms with Gasteiger partial charge in [0.2, 0.25) is 0 Å². The van der Waals surface area contributed by atoms with Crippen LogP contribution in [0, 0.1) is 3.57 Å². The van der Waals surface area contributed by atoms with Crippen LogP contribution in [0.25, 0.3) is 0 Å². The molecule has 0 unspecified atom stereocenters. The minimum atomic E-state index is 0.0231. The number of carbonyl (C=O) groups excluding carboxylic acids is 1. The Morgan fingerprint density at radius 2 is 2.18 bits per heavy atom. The van der Waals surface area contributed by atoms with Crippen molar-refractivity contribution in [3.8, 4) is 0 Å². The number of hydrogen-bond donors (Lipinski definition) is 2. The molecule has 0 heterocycles. The summed E-state index contributed by atoms with van der Waals surface area (Å²) in [4.78, 5) is 11.8. The number of nitrogens with one attached hydrogen (secondary N) is 2. The van der Waals surface area contributed by atoms with E-state index in [-0.39, 0.29) is 5.91 Å². The number of amides is 1. The van der Waals surface area contributed by atoms with Gasteiger partial charge in [-0.25, -0.2) is 0 Å². The molecule has 0 aliphatic heterocycles. The molecule has 1 saturated carbocycles. The van der Waals surface area contributed by atoms with Crippen LogP contribution in [-0.2, 0) is 0 Å². The summed E-state index contributed by atoms with van der Waals surface area (Å²) in [5, 5.41) is 6.36. The molecule has 92 valence electrons. The van der Waals surface area contributed by atoms with Gasteiger partial charge >= 0.3 is 0 Å². The summed E-state index contributed by atoms with van der Waals surface area (Å²) in [5.74, 6) is 0.0231. The van der Waals surface area contributed by atoms with Gasteiger partial charge in [0.25, 0.3) is 5.91 Å². The molecule has 0 saturated heterocycles. The van der Waals surface area contributed by atoms with E-state index >= 15 is 0 Å². The van der Waals surface area contributed by atoms with Crippen LogP contribution in [-0.4, -0.2) is 25.0 Å². The zero-order valence-corrected chi connectivity index (χ0v) is 11.9. The predicted molar refractivity (Wildman–Crippen MR) is 77.1 cm³/mol. The Bertz CT molecular complexity index is 391. The highest BCUT2D eigenvalue weighted by Crippen LogP contribution is 2.18. The molecule has 0 spiro atoms. The van der Waals surface area contributed by atoms with Crippen LogP contribution < -0.4 is 10.6 Å². The van der Waals surface area contributed by atoms with Crippen molar-refractivity contribution in [3.63, 3.8) is 0 Å². The van der Waals surface area contributed by atoms with E-state index in [1.807, 2.05) is 24.3 Å². The van der Waals surface area contributed by atoms with Gasteiger partial charge in [0.1, 0.15) is 0 Å². The molecular weight excluding hydrogens is 327 g/mol. The third-order valence-electron chi connectivity index (χ3n) is 2.74. The molecule has 2 N–H and O–H groups in total. The van der Waals surface area contributed by atoms with E-state index in [9.17, 15) is 4.79 Å². The Morgan fingerprint density at radius 1 is 1.35 bits per heavy atom. The maximum absolute atomic E-state index is 11.8. The SMILES string of the molecule is O=C(NCCCNC1CC1)c1cccc(I)c1. The number of carbonyl (C=O) groups is 1. The molecule has 0 bridgehead atoms. The summed E-state index contributed by atoms with van der Waals surface area (Å²) >= 11 is 2.21. The van der Waals surface area contributed by atoms with Crippen molar-refractivity contribution in [1.82, 2.24) is 10.6 Å². The molecule has 1 aliphatic carbocycles. The van der Waals surface area contributed by atoms with Gasteiger partial charge in [0.05, 0.1) is 0 Å². The first-order valence-corrected chi connectivity index (χ1v) is 7.11. The van der Waals surface area contributed by atoms with Crippen LogP contribution in [0.2, 0.25) is 0 Å². The first-order valence-electron chi connectivity index (χ1n) is 6.03. The monoisotopic (exact) mass is 344 g/mol. The second kappa shape index (κ2) is 6.35. The molecule has 1 aromatic rings. The maximum Gasteiger partial charge on any atom is 0.251 e. The topological polar surface area (TPSA) is 41.1 Å². The third-order valence-corrected chi connectivity index (χ3v) is 3.41. The summed E-state index contributed by atoms with van der Waals surface area (Å²) in [6.45, 7) is 1.74. The van der Waals surface area contributed by atoms with Crippen molar-refractivity contribution >= 4 is 28.5 Å². The van der Waals surface area contributed by atoms with Crippen LogP contribution in [0.3, 0.4) is 0 Å². The number of hydrogen-bond acceptors (Lipinski definition) is 2. The average molecular weight is 344 g/mol. The number of benzene rings is 1. The molecule has 0 aromatic heterocycles. The second-order valence-corrected chi connectivity index (χ2v) is 5.59. The molecular formula is C13H17IN2O. The fourth-order valence-corrected chi connectivity index (χ4v) is 2.16. The standard InChI is InChI=1S/C13H17IN2O/c14-11-4-1-3-10(9-11)13(17)16-8-2-7-15-12-5-6-12/h1,3-4,9,12,15H,2,5-8H2,(H,16,17). The van der Waals surface area contributed by atoms with Gasteiger partial charge in [-0.3, -0.25) is 4.79 Å². The summed E-state index contributed by atoms with van der Waals surface area (Å²) < 4.78 is 1.09. The number of rotatable bonds is 6. The highest BCUT2D eigenvalue weighted by molar-refractivity contribution is 14.1. The Morgan fingerprint density at radius 3 is 2.88 bits per heavy atom. The Balaban J connectivity index is 1.65. The predicted octanol–water partition coefficient (Wildman–Crippen LogP) is 2.16. The Hall–Kier alpha value is -0.620. The quantitative estimate of drug-likeness (QED) is 0.613. The Labute approximate surface area is 116 Å². The van der Waals surface area contributed by atoms with Crippen LogP contribution in [0.1, 0.15) is 29.6 Å². The lowest BCUT2D eigenvalue weighted by atomic mass is 10.2. The average Bonchev–Trinajstić information content (AvgIpc) is 3.12. The van der Waals surface area contributed by atoms with Gasteiger partial charge in [-0.15, -0.1) is 0 Å². The van der Waals surface area contributed by atoms with Crippen LogP contribution in [0.5, 0.6) is 0 Å². The van der Waals surface area contributed by atoms with Gasteiger partial charge in [-0.1, -0.05) is 6.07 Å². The Kier molecular flexibility index (Phi) is 4.79. The van der Waals surface area contributed by atoms with Gasteiger partial charge in [-0.2, -0.15) is 0 Å². The van der Waals surface area contributed by atoms with E-state index in [4.69, 9.17) is 0 Å². The lowest BCUT2D eigenvalue weighted by molar-refractivity contribution is 0.0953. The summed E-state index contributed by atoms with van der Waals surface area (Å²) in [6.07, 6.45) is 3.62. The molecule has 1 amide bonds. The highest BCUT2D eigenvalue weighted by Gasteiger charge is 2.19. The van der Waals surface area contributed by atoms with Crippen molar-refractivity contribution in [2.45, 2.75) is 25.3 Å². The van der Waals surface area contributed by atoms with E-state index in [1.54, 1.807) is 0 Å².